The van der Waals surface area contributed by atoms with E-state index in [1.54, 1.807) is 0 Å². The lowest BCUT2D eigenvalue weighted by Crippen LogP contribution is -2.63. The molecule has 0 aromatic rings. The number of hydrogen-bond acceptors (Lipinski definition) is 2. The molecule has 0 spiro atoms. The molecule has 4 bridgehead atoms. The molecule has 2 atom stereocenters. The Hall–Kier alpha value is -0.370. The number of ketones is 1. The molecule has 2 heteroatoms. The minimum absolute atomic E-state index is 0.0885. The fraction of sp³-hybridized carbons (Fsp3) is 0.909. The van der Waals surface area contributed by atoms with Crippen molar-refractivity contribution in [2.45, 2.75) is 37.6 Å². The highest BCUT2D eigenvalue weighted by molar-refractivity contribution is 5.92. The van der Waals surface area contributed by atoms with Crippen LogP contribution in [0.1, 0.15) is 32.1 Å². The van der Waals surface area contributed by atoms with Crippen LogP contribution in [0.25, 0.3) is 0 Å². The van der Waals surface area contributed by atoms with Crippen LogP contribution < -0.4 is 5.32 Å². The summed E-state index contributed by atoms with van der Waals surface area (Å²) in [5.41, 5.74) is -0.0885. The number of likely N-dealkylation sites (N-methyl/N-ethyl adjacent to an activating group) is 1. The van der Waals surface area contributed by atoms with Gasteiger partial charge in [-0.25, -0.2) is 0 Å². The SMILES string of the molecule is CNC12CC3CC(CC(C3)C1=O)C2. The quantitative estimate of drug-likeness (QED) is 0.658. The number of nitrogens with one attached hydrogen (secondary N) is 1. The van der Waals surface area contributed by atoms with Crippen molar-refractivity contribution in [2.24, 2.45) is 17.8 Å². The van der Waals surface area contributed by atoms with E-state index in [0.717, 1.165) is 24.7 Å². The monoisotopic (exact) mass is 179 g/mol. The van der Waals surface area contributed by atoms with E-state index in [9.17, 15) is 4.79 Å². The molecule has 1 N–H and O–H groups in total. The molecule has 4 rings (SSSR count). The van der Waals surface area contributed by atoms with E-state index in [4.69, 9.17) is 0 Å². The van der Waals surface area contributed by atoms with Gasteiger partial charge in [-0.3, -0.25) is 4.79 Å². The lowest BCUT2D eigenvalue weighted by atomic mass is 9.52. The molecule has 0 heterocycles. The van der Waals surface area contributed by atoms with Crippen LogP contribution in [-0.2, 0) is 4.79 Å². The second kappa shape index (κ2) is 2.35. The Bertz CT molecular complexity index is 247. The summed E-state index contributed by atoms with van der Waals surface area (Å²) in [7, 11) is 1.96. The number of carbonyl (C=O) groups excluding carboxylic acids is 1. The Kier molecular flexibility index (Phi) is 1.44. The molecule has 2 unspecified atom stereocenters. The van der Waals surface area contributed by atoms with Crippen LogP contribution in [0.2, 0.25) is 0 Å². The van der Waals surface area contributed by atoms with Gasteiger partial charge in [0.05, 0.1) is 5.54 Å². The topological polar surface area (TPSA) is 29.1 Å². The standard InChI is InChI=1S/C11H17NO/c1-12-11-5-7-2-8(6-11)4-9(3-7)10(11)13/h7-9,12H,2-6H2,1H3. The maximum atomic E-state index is 12.1. The molecular formula is C11H17NO. The van der Waals surface area contributed by atoms with Crippen molar-refractivity contribution < 1.29 is 4.79 Å². The maximum Gasteiger partial charge on any atom is 0.155 e. The molecule has 0 amide bonds. The molecule has 0 aliphatic heterocycles. The van der Waals surface area contributed by atoms with E-state index in [1.165, 1.54) is 19.3 Å². The van der Waals surface area contributed by atoms with Crippen LogP contribution in [0.4, 0.5) is 0 Å². The van der Waals surface area contributed by atoms with Gasteiger partial charge in [-0.1, -0.05) is 0 Å². The van der Waals surface area contributed by atoms with Gasteiger partial charge in [-0.05, 0) is 51.0 Å². The van der Waals surface area contributed by atoms with Gasteiger partial charge in [0.1, 0.15) is 0 Å². The van der Waals surface area contributed by atoms with Crippen LogP contribution in [0, 0.1) is 17.8 Å². The normalized spacial score (nSPS) is 53.0. The first kappa shape index (κ1) is 7.98. The summed E-state index contributed by atoms with van der Waals surface area (Å²) < 4.78 is 0. The van der Waals surface area contributed by atoms with Crippen molar-refractivity contribution >= 4 is 5.78 Å². The smallest absolute Gasteiger partial charge is 0.155 e. The van der Waals surface area contributed by atoms with Crippen LogP contribution in [0.3, 0.4) is 0 Å². The molecule has 0 aromatic heterocycles. The van der Waals surface area contributed by atoms with Gasteiger partial charge < -0.3 is 5.32 Å². The van der Waals surface area contributed by atoms with Crippen LogP contribution >= 0.6 is 0 Å². The summed E-state index contributed by atoms with van der Waals surface area (Å²) in [6, 6.07) is 0. The number of Topliss-reactive ketones (excluding diaryl/α,β-unsaturated/α-hetero) is 1. The molecule has 0 aromatic carbocycles. The molecule has 0 saturated heterocycles. The summed E-state index contributed by atoms with van der Waals surface area (Å²) in [4.78, 5) is 12.1. The van der Waals surface area contributed by atoms with Gasteiger partial charge >= 0.3 is 0 Å². The van der Waals surface area contributed by atoms with Crippen molar-refractivity contribution in [2.75, 3.05) is 7.05 Å². The van der Waals surface area contributed by atoms with Gasteiger partial charge in [0.15, 0.2) is 5.78 Å². The minimum Gasteiger partial charge on any atom is -0.308 e. The van der Waals surface area contributed by atoms with Gasteiger partial charge in [0.25, 0.3) is 0 Å². The molecule has 4 saturated carbocycles. The number of hydrogen-bond donors (Lipinski definition) is 1. The first-order valence-corrected chi connectivity index (χ1v) is 5.47. The lowest BCUT2D eigenvalue weighted by Gasteiger charge is -2.55. The van der Waals surface area contributed by atoms with Crippen molar-refractivity contribution in [3.63, 3.8) is 0 Å². The molecule has 4 fully saturated rings. The summed E-state index contributed by atoms with van der Waals surface area (Å²) in [5, 5.41) is 3.31. The minimum atomic E-state index is -0.0885. The van der Waals surface area contributed by atoms with Crippen LogP contribution in [0.5, 0.6) is 0 Å². The lowest BCUT2D eigenvalue weighted by molar-refractivity contribution is -0.145. The molecular weight excluding hydrogens is 162 g/mol. The zero-order valence-electron chi connectivity index (χ0n) is 8.18. The molecule has 0 radical (unpaired) electrons. The molecule has 4 aliphatic carbocycles. The highest BCUT2D eigenvalue weighted by Crippen LogP contribution is 2.53. The van der Waals surface area contributed by atoms with E-state index in [0.29, 0.717) is 11.7 Å². The second-order valence-electron chi connectivity index (χ2n) is 5.24. The average molecular weight is 179 g/mol. The Morgan fingerprint density at radius 2 is 1.85 bits per heavy atom. The number of rotatable bonds is 1. The van der Waals surface area contributed by atoms with Crippen molar-refractivity contribution in [1.82, 2.24) is 5.32 Å². The Labute approximate surface area is 79.1 Å². The third-order valence-corrected chi connectivity index (χ3v) is 4.50. The Morgan fingerprint density at radius 1 is 1.23 bits per heavy atom. The first-order chi connectivity index (χ1) is 6.23. The van der Waals surface area contributed by atoms with Gasteiger partial charge in [0, 0.05) is 5.92 Å². The average Bonchev–Trinajstić information content (AvgIpc) is 2.12. The van der Waals surface area contributed by atoms with E-state index >= 15 is 0 Å². The van der Waals surface area contributed by atoms with E-state index < -0.39 is 0 Å². The van der Waals surface area contributed by atoms with Crippen molar-refractivity contribution in [3.05, 3.63) is 0 Å². The summed E-state index contributed by atoms with van der Waals surface area (Å²) in [6.07, 6.45) is 6.02. The molecule has 13 heavy (non-hydrogen) atoms. The Morgan fingerprint density at radius 3 is 2.38 bits per heavy atom. The largest absolute Gasteiger partial charge is 0.308 e. The van der Waals surface area contributed by atoms with Crippen molar-refractivity contribution in [1.29, 1.82) is 0 Å². The molecule has 4 aliphatic rings. The molecule has 72 valence electrons. The fourth-order valence-electron chi connectivity index (χ4n) is 4.10. The zero-order chi connectivity index (χ0) is 9.05. The highest BCUT2D eigenvalue weighted by atomic mass is 16.1. The van der Waals surface area contributed by atoms with E-state index in [-0.39, 0.29) is 5.54 Å². The van der Waals surface area contributed by atoms with Gasteiger partial charge in [-0.15, -0.1) is 0 Å². The van der Waals surface area contributed by atoms with Gasteiger partial charge in [0.2, 0.25) is 0 Å². The van der Waals surface area contributed by atoms with Crippen LogP contribution in [0.15, 0.2) is 0 Å². The first-order valence-electron chi connectivity index (χ1n) is 5.47. The second-order valence-corrected chi connectivity index (χ2v) is 5.24. The third kappa shape index (κ3) is 0.899. The van der Waals surface area contributed by atoms with E-state index in [2.05, 4.69) is 5.32 Å². The molecule has 2 nitrogen and oxygen atoms in total. The Balaban J connectivity index is 2.00. The van der Waals surface area contributed by atoms with Gasteiger partial charge in [-0.2, -0.15) is 0 Å². The summed E-state index contributed by atoms with van der Waals surface area (Å²) in [6.45, 7) is 0. The highest BCUT2D eigenvalue weighted by Gasteiger charge is 2.55. The van der Waals surface area contributed by atoms with Crippen molar-refractivity contribution in [3.8, 4) is 0 Å². The van der Waals surface area contributed by atoms with E-state index in [1.807, 2.05) is 7.05 Å². The summed E-state index contributed by atoms with van der Waals surface area (Å²) in [5.74, 6) is 2.64. The maximum absolute atomic E-state index is 12.1. The predicted octanol–water partition coefficient (Wildman–Crippen LogP) is 1.35. The van der Waals surface area contributed by atoms with Crippen LogP contribution in [-0.4, -0.2) is 18.4 Å². The summed E-state index contributed by atoms with van der Waals surface area (Å²) >= 11 is 0. The third-order valence-electron chi connectivity index (χ3n) is 4.50. The number of carbonyl (C=O) groups is 1. The fourth-order valence-corrected chi connectivity index (χ4v) is 4.10. The predicted molar refractivity (Wildman–Crippen MR) is 50.4 cm³/mol. The zero-order valence-corrected chi connectivity index (χ0v) is 8.18.